The second-order valence-corrected chi connectivity index (χ2v) is 5.19. The minimum Gasteiger partial charge on any atom is -0.323 e. The molecule has 3 nitrogen and oxygen atoms in total. The zero-order valence-corrected chi connectivity index (χ0v) is 10.5. The normalized spacial score (nSPS) is 31.5. The Bertz CT molecular complexity index is 486. The Balaban J connectivity index is 1.88. The van der Waals surface area contributed by atoms with E-state index in [1.54, 1.807) is 0 Å². The molecule has 4 rings (SSSR count). The van der Waals surface area contributed by atoms with Crippen molar-refractivity contribution in [2.45, 2.75) is 12.1 Å². The summed E-state index contributed by atoms with van der Waals surface area (Å²) < 4.78 is 40.0. The summed E-state index contributed by atoms with van der Waals surface area (Å²) in [6, 6.07) is 1.50. The van der Waals surface area contributed by atoms with Gasteiger partial charge in [-0.25, -0.2) is 13.2 Å². The van der Waals surface area contributed by atoms with Gasteiger partial charge in [0, 0.05) is 50.4 Å². The molecule has 2 atom stereocenters. The molecule has 3 aliphatic rings. The predicted molar refractivity (Wildman–Crippen MR) is 65.0 cm³/mol. The Kier molecular flexibility index (Phi) is 3.24. The molecule has 0 aromatic heterocycles. The first-order chi connectivity index (χ1) is 9.08. The number of nitrogens with two attached hydrogens (primary N) is 1. The quantitative estimate of drug-likeness (QED) is 0.818. The van der Waals surface area contributed by atoms with Gasteiger partial charge in [-0.1, -0.05) is 6.07 Å². The van der Waals surface area contributed by atoms with Crippen LogP contribution in [0.15, 0.2) is 12.1 Å². The molecule has 6 heteroatoms. The molecule has 104 valence electrons. The zero-order valence-electron chi connectivity index (χ0n) is 10.5. The second kappa shape index (κ2) is 4.77. The predicted octanol–water partition coefficient (Wildman–Crippen LogP) is 1.10. The van der Waals surface area contributed by atoms with Crippen LogP contribution in [-0.2, 0) is 0 Å². The van der Waals surface area contributed by atoms with Gasteiger partial charge in [-0.3, -0.25) is 9.80 Å². The molecule has 19 heavy (non-hydrogen) atoms. The van der Waals surface area contributed by atoms with Crippen molar-refractivity contribution in [2.75, 3.05) is 32.7 Å². The Morgan fingerprint density at radius 1 is 1.05 bits per heavy atom. The molecular weight excluding hydrogens is 255 g/mol. The Hall–Kier alpha value is -1.11. The van der Waals surface area contributed by atoms with Crippen molar-refractivity contribution in [1.82, 2.24) is 9.80 Å². The van der Waals surface area contributed by atoms with E-state index in [0.717, 1.165) is 38.8 Å². The smallest absolute Gasteiger partial charge is 0.194 e. The minimum absolute atomic E-state index is 0.0399. The van der Waals surface area contributed by atoms with Gasteiger partial charge in [0.1, 0.15) is 0 Å². The summed E-state index contributed by atoms with van der Waals surface area (Å²) in [6.07, 6.45) is 0. The first-order valence-corrected chi connectivity index (χ1v) is 6.43. The van der Waals surface area contributed by atoms with Crippen molar-refractivity contribution >= 4 is 0 Å². The summed E-state index contributed by atoms with van der Waals surface area (Å²) in [5.74, 6) is -3.78. The lowest BCUT2D eigenvalue weighted by Crippen LogP contribution is -2.63. The third kappa shape index (κ3) is 2.13. The number of hydrogen-bond acceptors (Lipinski definition) is 3. The largest absolute Gasteiger partial charge is 0.323 e. The molecule has 3 fully saturated rings. The monoisotopic (exact) mass is 271 g/mol. The van der Waals surface area contributed by atoms with E-state index in [1.165, 1.54) is 6.07 Å². The molecule has 0 aliphatic carbocycles. The van der Waals surface area contributed by atoms with Crippen LogP contribution in [0, 0.1) is 17.5 Å². The van der Waals surface area contributed by atoms with Crippen molar-refractivity contribution in [3.05, 3.63) is 35.1 Å². The van der Waals surface area contributed by atoms with E-state index in [1.807, 2.05) is 0 Å². The molecule has 0 saturated carbocycles. The molecule has 1 aromatic carbocycles. The van der Waals surface area contributed by atoms with E-state index >= 15 is 0 Å². The molecule has 3 aliphatic heterocycles. The highest BCUT2D eigenvalue weighted by atomic mass is 19.2. The van der Waals surface area contributed by atoms with Crippen LogP contribution in [0.1, 0.15) is 11.6 Å². The maximum atomic E-state index is 13.8. The number of rotatable bonds is 2. The van der Waals surface area contributed by atoms with Gasteiger partial charge in [0.2, 0.25) is 0 Å². The van der Waals surface area contributed by atoms with Crippen LogP contribution in [0.25, 0.3) is 0 Å². The molecule has 0 amide bonds. The lowest BCUT2D eigenvalue weighted by molar-refractivity contribution is 0.00161. The van der Waals surface area contributed by atoms with Gasteiger partial charge in [-0.2, -0.15) is 0 Å². The zero-order chi connectivity index (χ0) is 13.6. The number of hydrogen-bond donors (Lipinski definition) is 1. The van der Waals surface area contributed by atoms with Gasteiger partial charge in [0.15, 0.2) is 17.5 Å². The molecule has 2 N–H and O–H groups in total. The molecular formula is C13H16F3N3. The fraction of sp³-hybridized carbons (Fsp3) is 0.538. The summed E-state index contributed by atoms with van der Waals surface area (Å²) in [5.41, 5.74) is 6.13. The Labute approximate surface area is 109 Å². The van der Waals surface area contributed by atoms with Crippen molar-refractivity contribution in [2.24, 2.45) is 5.73 Å². The van der Waals surface area contributed by atoms with Crippen molar-refractivity contribution in [3.63, 3.8) is 0 Å². The lowest BCUT2D eigenvalue weighted by Gasteiger charge is -2.49. The average molecular weight is 271 g/mol. The van der Waals surface area contributed by atoms with E-state index in [0.29, 0.717) is 0 Å². The van der Waals surface area contributed by atoms with Gasteiger partial charge in [0.05, 0.1) is 0 Å². The van der Waals surface area contributed by atoms with Crippen molar-refractivity contribution in [1.29, 1.82) is 0 Å². The van der Waals surface area contributed by atoms with Gasteiger partial charge >= 0.3 is 0 Å². The molecule has 3 heterocycles. The highest BCUT2D eigenvalue weighted by Crippen LogP contribution is 2.28. The molecule has 0 radical (unpaired) electrons. The summed E-state index contributed by atoms with van der Waals surface area (Å²) in [5, 5.41) is 0. The fourth-order valence-electron chi connectivity index (χ4n) is 3.00. The van der Waals surface area contributed by atoms with Gasteiger partial charge in [-0.15, -0.1) is 0 Å². The lowest BCUT2D eigenvalue weighted by atomic mass is 9.94. The Morgan fingerprint density at radius 3 is 2.32 bits per heavy atom. The van der Waals surface area contributed by atoms with E-state index in [4.69, 9.17) is 5.73 Å². The SMILES string of the molecule is NC(c1ccc(F)c(F)c1F)C1CN2CCN1CC2. The van der Waals surface area contributed by atoms with Crippen LogP contribution in [-0.4, -0.2) is 48.6 Å². The number of nitrogens with zero attached hydrogens (tertiary/aromatic N) is 2. The maximum Gasteiger partial charge on any atom is 0.194 e. The topological polar surface area (TPSA) is 32.5 Å². The van der Waals surface area contributed by atoms with Crippen LogP contribution in [0.5, 0.6) is 0 Å². The average Bonchev–Trinajstić information content (AvgIpc) is 2.45. The minimum atomic E-state index is -1.44. The number of piperazine rings is 3. The first-order valence-electron chi connectivity index (χ1n) is 6.43. The van der Waals surface area contributed by atoms with Crippen LogP contribution in [0.4, 0.5) is 13.2 Å². The third-order valence-electron chi connectivity index (χ3n) is 4.16. The second-order valence-electron chi connectivity index (χ2n) is 5.19. The molecule has 3 saturated heterocycles. The summed E-state index contributed by atoms with van der Waals surface area (Å²) >= 11 is 0. The van der Waals surface area contributed by atoms with E-state index < -0.39 is 23.5 Å². The van der Waals surface area contributed by atoms with Crippen LogP contribution in [0.3, 0.4) is 0 Å². The summed E-state index contributed by atoms with van der Waals surface area (Å²) in [4.78, 5) is 4.47. The van der Waals surface area contributed by atoms with E-state index in [2.05, 4.69) is 9.80 Å². The maximum absolute atomic E-state index is 13.8. The summed E-state index contributed by atoms with van der Waals surface area (Å²) in [6.45, 7) is 4.51. The van der Waals surface area contributed by atoms with Crippen LogP contribution < -0.4 is 5.73 Å². The van der Waals surface area contributed by atoms with E-state index in [9.17, 15) is 13.2 Å². The molecule has 0 spiro atoms. The first kappa shape index (κ1) is 12.9. The van der Waals surface area contributed by atoms with Gasteiger partial charge < -0.3 is 5.73 Å². The van der Waals surface area contributed by atoms with Crippen LogP contribution >= 0.6 is 0 Å². The van der Waals surface area contributed by atoms with E-state index in [-0.39, 0.29) is 11.6 Å². The van der Waals surface area contributed by atoms with Crippen molar-refractivity contribution in [3.8, 4) is 0 Å². The van der Waals surface area contributed by atoms with Gasteiger partial charge in [0.25, 0.3) is 0 Å². The number of halogens is 3. The van der Waals surface area contributed by atoms with Crippen LogP contribution in [0.2, 0.25) is 0 Å². The number of benzene rings is 1. The molecule has 2 bridgehead atoms. The third-order valence-corrected chi connectivity index (χ3v) is 4.16. The Morgan fingerprint density at radius 2 is 1.74 bits per heavy atom. The van der Waals surface area contributed by atoms with Gasteiger partial charge in [-0.05, 0) is 6.07 Å². The number of fused-ring (bicyclic) bond motifs is 3. The standard InChI is InChI=1S/C13H16F3N3/c14-9-2-1-8(11(15)12(9)16)13(17)10-7-18-3-5-19(10)6-4-18/h1-2,10,13H,3-7,17H2. The highest BCUT2D eigenvalue weighted by Gasteiger charge is 2.37. The fourth-order valence-corrected chi connectivity index (χ4v) is 3.00. The molecule has 2 unspecified atom stereocenters. The summed E-state index contributed by atoms with van der Waals surface area (Å²) in [7, 11) is 0. The highest BCUT2D eigenvalue weighted by molar-refractivity contribution is 5.25. The van der Waals surface area contributed by atoms with Crippen molar-refractivity contribution < 1.29 is 13.2 Å². The molecule has 1 aromatic rings.